The second-order valence-corrected chi connectivity index (χ2v) is 8.03. The fourth-order valence-electron chi connectivity index (χ4n) is 3.71. The monoisotopic (exact) mass is 475 g/mol. The van der Waals surface area contributed by atoms with Crippen molar-refractivity contribution in [1.82, 2.24) is 4.90 Å². The summed E-state index contributed by atoms with van der Waals surface area (Å²) < 4.78 is 22.7. The molecule has 3 aromatic carbocycles. The summed E-state index contributed by atoms with van der Waals surface area (Å²) in [4.78, 5) is 15.2. The van der Waals surface area contributed by atoms with Gasteiger partial charge < -0.3 is 23.8 Å². The van der Waals surface area contributed by atoms with Crippen LogP contribution in [0.1, 0.15) is 30.5 Å². The van der Waals surface area contributed by atoms with Crippen molar-refractivity contribution >= 4 is 5.91 Å². The van der Waals surface area contributed by atoms with Crippen LogP contribution in [-0.2, 0) is 24.5 Å². The van der Waals surface area contributed by atoms with Gasteiger partial charge in [0.15, 0.2) is 11.5 Å². The van der Waals surface area contributed by atoms with Crippen molar-refractivity contribution in [3.05, 3.63) is 95.1 Å². The summed E-state index contributed by atoms with van der Waals surface area (Å²) in [6.07, 6.45) is 1.82. The van der Waals surface area contributed by atoms with E-state index < -0.39 is 0 Å². The minimum absolute atomic E-state index is 0.0674. The highest BCUT2D eigenvalue weighted by molar-refractivity contribution is 5.92. The van der Waals surface area contributed by atoms with Crippen LogP contribution in [0.5, 0.6) is 23.0 Å². The van der Waals surface area contributed by atoms with Crippen LogP contribution < -0.4 is 18.9 Å². The molecule has 0 aliphatic carbocycles. The summed E-state index contributed by atoms with van der Waals surface area (Å²) in [7, 11) is 4.84. The van der Waals surface area contributed by atoms with Crippen LogP contribution in [0.25, 0.3) is 0 Å². The van der Waals surface area contributed by atoms with Gasteiger partial charge in [0.2, 0.25) is 5.91 Å². The molecule has 0 saturated heterocycles. The number of allylic oxidation sites excluding steroid dienone is 1. The van der Waals surface area contributed by atoms with Gasteiger partial charge >= 0.3 is 0 Å². The fourth-order valence-corrected chi connectivity index (χ4v) is 3.71. The predicted octanol–water partition coefficient (Wildman–Crippen LogP) is 5.79. The molecule has 184 valence electrons. The lowest BCUT2D eigenvalue weighted by molar-refractivity contribution is -0.128. The van der Waals surface area contributed by atoms with Gasteiger partial charge in [0.25, 0.3) is 0 Å². The number of benzene rings is 3. The first kappa shape index (κ1) is 25.7. The molecule has 6 nitrogen and oxygen atoms in total. The SMILES string of the molecule is C/C=C(\C)C(=O)N(Cc1ccc(OC)cc1OC)Cc1cccc(OC)c1OCc1ccccc1. The minimum atomic E-state index is -0.0674. The Bertz CT molecular complexity index is 1160. The minimum Gasteiger partial charge on any atom is -0.497 e. The number of rotatable bonds is 11. The number of nitrogens with zero attached hydrogens (tertiary/aromatic N) is 1. The quantitative estimate of drug-likeness (QED) is 0.329. The van der Waals surface area contributed by atoms with Gasteiger partial charge in [0, 0.05) is 29.3 Å². The van der Waals surface area contributed by atoms with Crippen LogP contribution in [0.4, 0.5) is 0 Å². The Hall–Kier alpha value is -3.93. The van der Waals surface area contributed by atoms with Gasteiger partial charge in [-0.2, -0.15) is 0 Å². The number of methoxy groups -OCH3 is 3. The smallest absolute Gasteiger partial charge is 0.249 e. The van der Waals surface area contributed by atoms with E-state index in [0.717, 1.165) is 16.7 Å². The molecule has 0 aliphatic heterocycles. The van der Waals surface area contributed by atoms with Crippen molar-refractivity contribution in [3.63, 3.8) is 0 Å². The van der Waals surface area contributed by atoms with E-state index in [1.54, 1.807) is 26.2 Å². The van der Waals surface area contributed by atoms with Crippen molar-refractivity contribution in [1.29, 1.82) is 0 Å². The van der Waals surface area contributed by atoms with Crippen LogP contribution in [0.3, 0.4) is 0 Å². The first-order chi connectivity index (χ1) is 17.0. The highest BCUT2D eigenvalue weighted by Gasteiger charge is 2.21. The zero-order valence-electron chi connectivity index (χ0n) is 21.0. The molecular formula is C29H33NO5. The van der Waals surface area contributed by atoms with Crippen molar-refractivity contribution in [2.75, 3.05) is 21.3 Å². The first-order valence-electron chi connectivity index (χ1n) is 11.5. The molecule has 3 rings (SSSR count). The average Bonchev–Trinajstić information content (AvgIpc) is 2.91. The predicted molar refractivity (Wildman–Crippen MR) is 137 cm³/mol. The molecule has 0 fully saturated rings. The topological polar surface area (TPSA) is 57.2 Å². The van der Waals surface area contributed by atoms with Gasteiger partial charge in [-0.15, -0.1) is 0 Å². The van der Waals surface area contributed by atoms with E-state index in [2.05, 4.69) is 0 Å². The maximum atomic E-state index is 13.4. The van der Waals surface area contributed by atoms with Crippen molar-refractivity contribution in [3.8, 4) is 23.0 Å². The maximum absolute atomic E-state index is 13.4. The van der Waals surface area contributed by atoms with E-state index in [9.17, 15) is 4.79 Å². The molecule has 0 heterocycles. The summed E-state index contributed by atoms with van der Waals surface area (Å²) in [5.74, 6) is 2.53. The van der Waals surface area contributed by atoms with Crippen LogP contribution in [0, 0.1) is 0 Å². The van der Waals surface area contributed by atoms with E-state index >= 15 is 0 Å². The number of amides is 1. The van der Waals surface area contributed by atoms with E-state index in [0.29, 0.717) is 48.3 Å². The van der Waals surface area contributed by atoms with Gasteiger partial charge in [0.05, 0.1) is 27.9 Å². The second-order valence-electron chi connectivity index (χ2n) is 8.03. The molecule has 0 radical (unpaired) electrons. The lowest BCUT2D eigenvalue weighted by Gasteiger charge is -2.26. The maximum Gasteiger partial charge on any atom is 0.249 e. The Morgan fingerprint density at radius 2 is 1.54 bits per heavy atom. The number of hydrogen-bond donors (Lipinski definition) is 0. The molecular weight excluding hydrogens is 442 g/mol. The fraction of sp³-hybridized carbons (Fsp3) is 0.276. The van der Waals surface area contributed by atoms with Gasteiger partial charge in [-0.25, -0.2) is 0 Å². The van der Waals surface area contributed by atoms with Crippen molar-refractivity contribution < 1.29 is 23.7 Å². The van der Waals surface area contributed by atoms with Crippen molar-refractivity contribution in [2.24, 2.45) is 0 Å². The van der Waals surface area contributed by atoms with E-state index in [-0.39, 0.29) is 5.91 Å². The Balaban J connectivity index is 1.95. The number of hydrogen-bond acceptors (Lipinski definition) is 5. The lowest BCUT2D eigenvalue weighted by atomic mass is 10.1. The molecule has 0 bridgehead atoms. The number of carbonyl (C=O) groups excluding carboxylic acids is 1. The van der Waals surface area contributed by atoms with Crippen molar-refractivity contribution in [2.45, 2.75) is 33.5 Å². The van der Waals surface area contributed by atoms with Gasteiger partial charge in [-0.05, 0) is 37.6 Å². The molecule has 0 spiro atoms. The van der Waals surface area contributed by atoms with Gasteiger partial charge in [0.1, 0.15) is 18.1 Å². The molecule has 6 heteroatoms. The van der Waals surface area contributed by atoms with Gasteiger partial charge in [-0.3, -0.25) is 4.79 Å². The molecule has 35 heavy (non-hydrogen) atoms. The summed E-state index contributed by atoms with van der Waals surface area (Å²) >= 11 is 0. The Morgan fingerprint density at radius 3 is 2.20 bits per heavy atom. The lowest BCUT2D eigenvalue weighted by Crippen LogP contribution is -2.31. The molecule has 0 atom stereocenters. The average molecular weight is 476 g/mol. The summed E-state index contributed by atoms with van der Waals surface area (Å²) in [5, 5.41) is 0. The number of carbonyl (C=O) groups is 1. The third kappa shape index (κ3) is 6.57. The molecule has 0 unspecified atom stereocenters. The summed E-state index contributed by atoms with van der Waals surface area (Å²) in [5.41, 5.74) is 3.43. The molecule has 0 aliphatic rings. The van der Waals surface area contributed by atoms with E-state index in [4.69, 9.17) is 18.9 Å². The first-order valence-corrected chi connectivity index (χ1v) is 11.5. The second kappa shape index (κ2) is 12.5. The molecule has 1 amide bonds. The standard InChI is InChI=1S/C29H33NO5/c1-6-21(2)29(31)30(18-23-15-16-25(32-3)17-27(23)34-5)19-24-13-10-14-26(33-4)28(24)35-20-22-11-8-7-9-12-22/h6-17H,18-20H2,1-5H3/b21-6+. The van der Waals surface area contributed by atoms with Crippen LogP contribution >= 0.6 is 0 Å². The molecule has 3 aromatic rings. The normalized spacial score (nSPS) is 11.1. The number of ether oxygens (including phenoxy) is 4. The van der Waals surface area contributed by atoms with Crippen LogP contribution in [-0.4, -0.2) is 32.1 Å². The molecule has 0 saturated carbocycles. The summed E-state index contributed by atoms with van der Waals surface area (Å²) in [6, 6.07) is 21.3. The largest absolute Gasteiger partial charge is 0.497 e. The molecule has 0 aromatic heterocycles. The zero-order chi connectivity index (χ0) is 25.2. The van der Waals surface area contributed by atoms with E-state index in [1.165, 1.54) is 0 Å². The van der Waals surface area contributed by atoms with Gasteiger partial charge in [-0.1, -0.05) is 48.5 Å². The van der Waals surface area contributed by atoms with Crippen LogP contribution in [0.15, 0.2) is 78.4 Å². The van der Waals surface area contributed by atoms with E-state index in [1.807, 2.05) is 86.7 Å². The number of para-hydroxylation sites is 1. The Kier molecular flexibility index (Phi) is 9.18. The highest BCUT2D eigenvalue weighted by Crippen LogP contribution is 2.34. The summed E-state index contributed by atoms with van der Waals surface area (Å²) in [6.45, 7) is 4.76. The van der Waals surface area contributed by atoms with Crippen LogP contribution in [0.2, 0.25) is 0 Å². The highest BCUT2D eigenvalue weighted by atomic mass is 16.5. The zero-order valence-corrected chi connectivity index (χ0v) is 21.0. The Morgan fingerprint density at radius 1 is 0.829 bits per heavy atom. The molecule has 0 N–H and O–H groups in total. The third-order valence-corrected chi connectivity index (χ3v) is 5.78. The third-order valence-electron chi connectivity index (χ3n) is 5.78. The Labute approximate surface area is 207 Å².